The molecule has 2 rings (SSSR count). The predicted octanol–water partition coefficient (Wildman–Crippen LogP) is 2.27. The molecule has 0 saturated carbocycles. The van der Waals surface area contributed by atoms with Crippen LogP contribution < -0.4 is 5.73 Å². The monoisotopic (exact) mass is 227 g/mol. The normalized spacial score (nSPS) is 9.88. The number of nitrogen functional groups attached to an aromatic ring is 1. The summed E-state index contributed by atoms with van der Waals surface area (Å²) in [5.41, 5.74) is 7.54. The number of pyridine rings is 1. The van der Waals surface area contributed by atoms with Crippen LogP contribution in [0.3, 0.4) is 0 Å². The fraction of sp³-hybridized carbons (Fsp3) is 0.0769. The van der Waals surface area contributed by atoms with E-state index in [1.54, 1.807) is 18.3 Å². The molecule has 2 aromatic rings. The lowest BCUT2D eigenvalue weighted by Crippen LogP contribution is -1.96. The fourth-order valence-electron chi connectivity index (χ4n) is 1.57. The maximum absolute atomic E-state index is 12.9. The van der Waals surface area contributed by atoms with E-state index in [9.17, 15) is 4.39 Å². The molecule has 0 unspecified atom stereocenters. The molecule has 1 aromatic carbocycles. The molecule has 0 fully saturated rings. The summed E-state index contributed by atoms with van der Waals surface area (Å²) in [6, 6.07) is 9.72. The van der Waals surface area contributed by atoms with Crippen molar-refractivity contribution in [3.8, 4) is 6.07 Å². The van der Waals surface area contributed by atoms with Crippen molar-refractivity contribution < 1.29 is 4.39 Å². The molecule has 0 spiro atoms. The van der Waals surface area contributed by atoms with Crippen molar-refractivity contribution >= 4 is 5.82 Å². The third kappa shape index (κ3) is 2.58. The Labute approximate surface area is 98.3 Å². The molecule has 0 radical (unpaired) electrons. The van der Waals surface area contributed by atoms with E-state index < -0.39 is 5.82 Å². The molecule has 84 valence electrons. The van der Waals surface area contributed by atoms with Gasteiger partial charge in [-0.15, -0.1) is 0 Å². The van der Waals surface area contributed by atoms with Crippen molar-refractivity contribution in [3.05, 3.63) is 59.0 Å². The third-order valence-corrected chi connectivity index (χ3v) is 2.43. The van der Waals surface area contributed by atoms with E-state index in [4.69, 9.17) is 11.0 Å². The number of nitriles is 1. The first-order chi connectivity index (χ1) is 8.19. The summed E-state index contributed by atoms with van der Waals surface area (Å²) in [5, 5.41) is 8.91. The standard InChI is InChI=1S/C13H10FN3/c14-12-3-2-10(11(6-12)7-15)5-9-1-4-13(16)17-8-9/h1-4,6,8H,5H2,(H2,16,17). The first kappa shape index (κ1) is 11.1. The Bertz CT molecular complexity index is 570. The highest BCUT2D eigenvalue weighted by Gasteiger charge is 2.05. The van der Waals surface area contributed by atoms with Gasteiger partial charge in [-0.3, -0.25) is 0 Å². The highest BCUT2D eigenvalue weighted by Crippen LogP contribution is 2.15. The SMILES string of the molecule is N#Cc1cc(F)ccc1Cc1ccc(N)nc1. The van der Waals surface area contributed by atoms with Crippen molar-refractivity contribution in [3.63, 3.8) is 0 Å². The molecule has 0 amide bonds. The second kappa shape index (κ2) is 4.62. The van der Waals surface area contributed by atoms with Crippen molar-refractivity contribution in [2.24, 2.45) is 0 Å². The molecule has 17 heavy (non-hydrogen) atoms. The second-order valence-corrected chi connectivity index (χ2v) is 3.68. The highest BCUT2D eigenvalue weighted by atomic mass is 19.1. The van der Waals surface area contributed by atoms with Gasteiger partial charge in [-0.1, -0.05) is 12.1 Å². The summed E-state index contributed by atoms with van der Waals surface area (Å²) in [6.07, 6.45) is 2.19. The van der Waals surface area contributed by atoms with Gasteiger partial charge in [-0.25, -0.2) is 9.37 Å². The number of hydrogen-bond acceptors (Lipinski definition) is 3. The van der Waals surface area contributed by atoms with E-state index in [1.165, 1.54) is 12.1 Å². The molecule has 0 atom stereocenters. The average molecular weight is 227 g/mol. The number of nitrogens with two attached hydrogens (primary N) is 1. The smallest absolute Gasteiger partial charge is 0.124 e. The van der Waals surface area contributed by atoms with Gasteiger partial charge in [0.15, 0.2) is 0 Å². The first-order valence-electron chi connectivity index (χ1n) is 5.08. The van der Waals surface area contributed by atoms with E-state index in [-0.39, 0.29) is 0 Å². The molecule has 1 aromatic heterocycles. The Morgan fingerprint density at radius 1 is 1.29 bits per heavy atom. The zero-order valence-electron chi connectivity index (χ0n) is 9.02. The van der Waals surface area contributed by atoms with E-state index in [1.807, 2.05) is 12.1 Å². The third-order valence-electron chi connectivity index (χ3n) is 2.43. The molecule has 0 bridgehead atoms. The molecule has 2 N–H and O–H groups in total. The zero-order valence-corrected chi connectivity index (χ0v) is 9.02. The summed E-state index contributed by atoms with van der Waals surface area (Å²) >= 11 is 0. The summed E-state index contributed by atoms with van der Waals surface area (Å²) in [4.78, 5) is 3.97. The van der Waals surface area contributed by atoms with E-state index in [2.05, 4.69) is 4.98 Å². The predicted molar refractivity (Wildman–Crippen MR) is 62.6 cm³/mol. The van der Waals surface area contributed by atoms with E-state index in [0.29, 0.717) is 17.8 Å². The number of nitrogens with zero attached hydrogens (tertiary/aromatic N) is 2. The summed E-state index contributed by atoms with van der Waals surface area (Å²) < 4.78 is 12.9. The quantitative estimate of drug-likeness (QED) is 0.855. The van der Waals surface area contributed by atoms with Gasteiger partial charge in [0.25, 0.3) is 0 Å². The van der Waals surface area contributed by atoms with E-state index in [0.717, 1.165) is 11.1 Å². The Morgan fingerprint density at radius 2 is 2.12 bits per heavy atom. The van der Waals surface area contributed by atoms with Crippen LogP contribution in [0.4, 0.5) is 10.2 Å². The molecule has 0 saturated heterocycles. The molecule has 3 nitrogen and oxygen atoms in total. The molecular weight excluding hydrogens is 217 g/mol. The average Bonchev–Trinajstić information content (AvgIpc) is 2.34. The Balaban J connectivity index is 2.30. The number of aromatic nitrogens is 1. The van der Waals surface area contributed by atoms with E-state index >= 15 is 0 Å². The minimum Gasteiger partial charge on any atom is -0.384 e. The van der Waals surface area contributed by atoms with Crippen molar-refractivity contribution in [2.75, 3.05) is 5.73 Å². The molecular formula is C13H10FN3. The first-order valence-corrected chi connectivity index (χ1v) is 5.08. The second-order valence-electron chi connectivity index (χ2n) is 3.68. The maximum Gasteiger partial charge on any atom is 0.124 e. The highest BCUT2D eigenvalue weighted by molar-refractivity contribution is 5.41. The number of halogens is 1. The van der Waals surface area contributed by atoms with Crippen LogP contribution in [0.1, 0.15) is 16.7 Å². The minimum absolute atomic E-state index is 0.349. The molecule has 0 aliphatic carbocycles. The van der Waals surface area contributed by atoms with Crippen LogP contribution in [0.25, 0.3) is 0 Å². The van der Waals surface area contributed by atoms with Crippen molar-refractivity contribution in [1.82, 2.24) is 4.98 Å². The fourth-order valence-corrected chi connectivity index (χ4v) is 1.57. The van der Waals surface area contributed by atoms with Crippen LogP contribution in [0.15, 0.2) is 36.5 Å². The number of benzene rings is 1. The van der Waals surface area contributed by atoms with Crippen LogP contribution in [0, 0.1) is 17.1 Å². The van der Waals surface area contributed by atoms with Crippen molar-refractivity contribution in [1.29, 1.82) is 5.26 Å². The summed E-state index contributed by atoms with van der Waals surface area (Å²) in [5.74, 6) is 0.0501. The minimum atomic E-state index is -0.402. The molecule has 1 heterocycles. The lowest BCUT2D eigenvalue weighted by Gasteiger charge is -2.04. The van der Waals surface area contributed by atoms with Gasteiger partial charge >= 0.3 is 0 Å². The van der Waals surface area contributed by atoms with Gasteiger partial charge in [-0.2, -0.15) is 5.26 Å². The lowest BCUT2D eigenvalue weighted by atomic mass is 10.0. The Morgan fingerprint density at radius 3 is 2.76 bits per heavy atom. The topological polar surface area (TPSA) is 62.7 Å². The van der Waals surface area contributed by atoms with Crippen molar-refractivity contribution in [2.45, 2.75) is 6.42 Å². The van der Waals surface area contributed by atoms with Gasteiger partial charge in [0, 0.05) is 12.6 Å². The Hall–Kier alpha value is -2.41. The van der Waals surface area contributed by atoms with Crippen LogP contribution >= 0.6 is 0 Å². The van der Waals surface area contributed by atoms with Gasteiger partial charge in [-0.05, 0) is 29.3 Å². The van der Waals surface area contributed by atoms with Crippen LogP contribution in [-0.4, -0.2) is 4.98 Å². The zero-order chi connectivity index (χ0) is 12.3. The van der Waals surface area contributed by atoms with Crippen LogP contribution in [-0.2, 0) is 6.42 Å². The Kier molecular flexibility index (Phi) is 3.01. The van der Waals surface area contributed by atoms with Gasteiger partial charge in [0.05, 0.1) is 11.6 Å². The van der Waals surface area contributed by atoms with Crippen LogP contribution in [0.5, 0.6) is 0 Å². The van der Waals surface area contributed by atoms with Gasteiger partial charge < -0.3 is 5.73 Å². The van der Waals surface area contributed by atoms with Crippen LogP contribution in [0.2, 0.25) is 0 Å². The molecule has 0 aliphatic rings. The summed E-state index contributed by atoms with van der Waals surface area (Å²) in [7, 11) is 0. The lowest BCUT2D eigenvalue weighted by molar-refractivity contribution is 0.626. The summed E-state index contributed by atoms with van der Waals surface area (Å²) in [6.45, 7) is 0. The number of rotatable bonds is 2. The number of hydrogen-bond donors (Lipinski definition) is 1. The number of anilines is 1. The molecule has 0 aliphatic heterocycles. The largest absolute Gasteiger partial charge is 0.384 e. The van der Waals surface area contributed by atoms with Gasteiger partial charge in [0.1, 0.15) is 11.6 Å². The van der Waals surface area contributed by atoms with Gasteiger partial charge in [0.2, 0.25) is 0 Å². The molecule has 4 heteroatoms. The maximum atomic E-state index is 12.9.